The fourth-order valence-electron chi connectivity index (χ4n) is 3.31. The predicted octanol–water partition coefficient (Wildman–Crippen LogP) is 3.89. The number of amides is 1. The molecule has 0 aliphatic carbocycles. The number of sulfone groups is 1. The van der Waals surface area contributed by atoms with Gasteiger partial charge in [0.25, 0.3) is 16.8 Å². The largest absolute Gasteiger partial charge is 0.317 e. The summed E-state index contributed by atoms with van der Waals surface area (Å²) < 4.78 is 30.0. The van der Waals surface area contributed by atoms with E-state index in [0.29, 0.717) is 28.5 Å². The highest BCUT2D eigenvalue weighted by molar-refractivity contribution is 7.91. The van der Waals surface area contributed by atoms with E-state index in [1.807, 2.05) is 24.5 Å². The highest BCUT2D eigenvalue weighted by atomic mass is 32.2. The minimum atomic E-state index is -3.70. The number of non-ortho nitro benzene ring substituents is 1. The van der Waals surface area contributed by atoms with Gasteiger partial charge in [-0.05, 0) is 57.9 Å². The van der Waals surface area contributed by atoms with E-state index in [-0.39, 0.29) is 21.5 Å². The van der Waals surface area contributed by atoms with E-state index in [0.717, 1.165) is 11.3 Å². The minimum absolute atomic E-state index is 0.0481. The van der Waals surface area contributed by atoms with Crippen molar-refractivity contribution in [3.8, 4) is 11.8 Å². The van der Waals surface area contributed by atoms with Gasteiger partial charge in [-0.15, -0.1) is 0 Å². The molecule has 1 amide bonds. The molecule has 0 bridgehead atoms. The fourth-order valence-corrected chi connectivity index (χ4v) is 5.01. The molecule has 0 unspecified atom stereocenters. The van der Waals surface area contributed by atoms with Crippen molar-refractivity contribution in [3.05, 3.63) is 62.5 Å². The maximum Gasteiger partial charge on any atom is 0.271 e. The molecule has 0 spiro atoms. The van der Waals surface area contributed by atoms with Crippen molar-refractivity contribution in [2.24, 2.45) is 0 Å². The lowest BCUT2D eigenvalue weighted by atomic mass is 10.1. The monoisotopic (exact) mass is 514 g/mol. The number of nitro groups is 1. The van der Waals surface area contributed by atoms with Crippen LogP contribution < -0.4 is 5.32 Å². The Kier molecular flexibility index (Phi) is 7.18. The van der Waals surface area contributed by atoms with Gasteiger partial charge in [0, 0.05) is 35.1 Å². The number of aromatic nitrogens is 3. The zero-order valence-corrected chi connectivity index (χ0v) is 21.2. The summed E-state index contributed by atoms with van der Waals surface area (Å²) >= 11 is 0.701. The first kappa shape index (κ1) is 25.7. The maximum atomic E-state index is 12.7. The van der Waals surface area contributed by atoms with Crippen LogP contribution in [-0.2, 0) is 14.6 Å². The zero-order valence-electron chi connectivity index (χ0n) is 19.6. The summed E-state index contributed by atoms with van der Waals surface area (Å²) in [6.45, 7) is 8.41. The fraction of sp³-hybridized carbons (Fsp3) is 0.273. The Morgan fingerprint density at radius 3 is 2.57 bits per heavy atom. The van der Waals surface area contributed by atoms with Gasteiger partial charge < -0.3 is 4.57 Å². The summed E-state index contributed by atoms with van der Waals surface area (Å²) in [6.07, 6.45) is 1.40. The molecule has 0 aliphatic heterocycles. The Morgan fingerprint density at radius 1 is 1.29 bits per heavy atom. The predicted molar refractivity (Wildman–Crippen MR) is 131 cm³/mol. The molecule has 0 saturated carbocycles. The summed E-state index contributed by atoms with van der Waals surface area (Å²) in [6, 6.07) is 8.16. The van der Waals surface area contributed by atoms with E-state index in [1.165, 1.54) is 32.1 Å². The average Bonchev–Trinajstić information content (AvgIpc) is 3.36. The molecular formula is C22H22N6O5S2. The van der Waals surface area contributed by atoms with E-state index in [1.54, 1.807) is 19.1 Å². The lowest BCUT2D eigenvalue weighted by Gasteiger charge is -2.12. The normalized spacial score (nSPS) is 12.0. The lowest BCUT2D eigenvalue weighted by molar-refractivity contribution is -0.384. The minimum Gasteiger partial charge on any atom is -0.317 e. The summed E-state index contributed by atoms with van der Waals surface area (Å²) in [4.78, 5) is 27.3. The van der Waals surface area contributed by atoms with Crippen molar-refractivity contribution in [2.45, 2.75) is 45.0 Å². The standard InChI is InChI=1S/C22H22N6O5S2/c1-12(2)35(32,33)22-25-21(34-26-22)24-20(29)17(11-23)9-16-8-14(4)27(15(16)5)19-10-18(28(30)31)7-6-13(19)3/h6-10,12H,1-5H3,(H,24,25,26,29)/b17-9-. The number of nitriles is 1. The van der Waals surface area contributed by atoms with E-state index in [2.05, 4.69) is 14.7 Å². The third-order valence-electron chi connectivity index (χ3n) is 5.28. The molecule has 35 heavy (non-hydrogen) atoms. The Labute approximate surface area is 206 Å². The molecule has 11 nitrogen and oxygen atoms in total. The smallest absolute Gasteiger partial charge is 0.271 e. The first-order valence-corrected chi connectivity index (χ1v) is 12.6. The SMILES string of the molecule is Cc1ccc([N+](=O)[O-])cc1-n1c(C)cc(/C=C(/C#N)C(=O)Nc2nc(S(=O)(=O)C(C)C)ns2)c1C. The average molecular weight is 515 g/mol. The molecular weight excluding hydrogens is 492 g/mol. The van der Waals surface area contributed by atoms with Crippen molar-refractivity contribution in [1.82, 2.24) is 13.9 Å². The highest BCUT2D eigenvalue weighted by Crippen LogP contribution is 2.28. The highest BCUT2D eigenvalue weighted by Gasteiger charge is 2.25. The number of nitro benzene ring substituents is 1. The maximum absolute atomic E-state index is 12.7. The van der Waals surface area contributed by atoms with Gasteiger partial charge in [0.05, 0.1) is 15.9 Å². The third-order valence-corrected chi connectivity index (χ3v) is 7.96. The van der Waals surface area contributed by atoms with Crippen LogP contribution in [-0.4, -0.2) is 38.4 Å². The number of anilines is 1. The van der Waals surface area contributed by atoms with Gasteiger partial charge in [0.2, 0.25) is 15.0 Å². The molecule has 2 aromatic heterocycles. The quantitative estimate of drug-likeness (QED) is 0.215. The van der Waals surface area contributed by atoms with Gasteiger partial charge in [-0.3, -0.25) is 20.2 Å². The van der Waals surface area contributed by atoms with Crippen LogP contribution in [0.2, 0.25) is 0 Å². The van der Waals surface area contributed by atoms with Crippen molar-refractivity contribution in [1.29, 1.82) is 5.26 Å². The Bertz CT molecular complexity index is 1510. The number of hydrogen-bond donors (Lipinski definition) is 1. The van der Waals surface area contributed by atoms with Gasteiger partial charge in [-0.25, -0.2) is 8.42 Å². The van der Waals surface area contributed by atoms with Crippen LogP contribution in [0.4, 0.5) is 10.8 Å². The first-order chi connectivity index (χ1) is 16.4. The topological polar surface area (TPSA) is 161 Å². The van der Waals surface area contributed by atoms with Crippen molar-refractivity contribution in [3.63, 3.8) is 0 Å². The zero-order chi connectivity index (χ0) is 26.1. The van der Waals surface area contributed by atoms with E-state index >= 15 is 0 Å². The van der Waals surface area contributed by atoms with Crippen molar-refractivity contribution >= 4 is 44.2 Å². The van der Waals surface area contributed by atoms with Crippen molar-refractivity contribution in [2.75, 3.05) is 5.32 Å². The summed E-state index contributed by atoms with van der Waals surface area (Å²) in [7, 11) is -3.70. The Morgan fingerprint density at radius 2 is 1.97 bits per heavy atom. The number of carbonyl (C=O) groups excluding carboxylic acids is 1. The molecule has 0 radical (unpaired) electrons. The molecule has 3 rings (SSSR count). The van der Waals surface area contributed by atoms with Crippen LogP contribution in [0.25, 0.3) is 11.8 Å². The van der Waals surface area contributed by atoms with Crippen LogP contribution in [0.5, 0.6) is 0 Å². The van der Waals surface area contributed by atoms with Gasteiger partial charge in [0.1, 0.15) is 11.6 Å². The first-order valence-electron chi connectivity index (χ1n) is 10.3. The molecule has 0 saturated heterocycles. The second kappa shape index (κ2) is 9.77. The number of aryl methyl sites for hydroxylation is 2. The second-order valence-electron chi connectivity index (χ2n) is 7.99. The number of nitrogens with zero attached hydrogens (tertiary/aromatic N) is 5. The summed E-state index contributed by atoms with van der Waals surface area (Å²) in [5, 5.41) is 22.1. The summed E-state index contributed by atoms with van der Waals surface area (Å²) in [5.41, 5.74) is 3.14. The van der Waals surface area contributed by atoms with Gasteiger partial charge in [-0.2, -0.15) is 14.6 Å². The van der Waals surface area contributed by atoms with Gasteiger partial charge >= 0.3 is 0 Å². The van der Waals surface area contributed by atoms with Crippen molar-refractivity contribution < 1.29 is 18.1 Å². The van der Waals surface area contributed by atoms with Gasteiger partial charge in [0.15, 0.2) is 0 Å². The van der Waals surface area contributed by atoms with Crippen LogP contribution in [0.1, 0.15) is 36.4 Å². The number of carbonyl (C=O) groups is 1. The third kappa shape index (κ3) is 5.13. The van der Waals surface area contributed by atoms with Crippen LogP contribution in [0.15, 0.2) is 35.0 Å². The number of hydrogen-bond acceptors (Lipinski definition) is 9. The molecule has 0 aliphatic rings. The summed E-state index contributed by atoms with van der Waals surface area (Å²) in [5.74, 6) is -0.770. The Hall–Kier alpha value is -3.89. The second-order valence-corrected chi connectivity index (χ2v) is 11.1. The molecule has 3 aromatic rings. The molecule has 1 aromatic carbocycles. The molecule has 2 heterocycles. The van der Waals surface area contributed by atoms with Gasteiger partial charge in [-0.1, -0.05) is 6.07 Å². The van der Waals surface area contributed by atoms with Crippen LogP contribution >= 0.6 is 11.5 Å². The molecule has 13 heteroatoms. The van der Waals surface area contributed by atoms with Crippen LogP contribution in [0, 0.1) is 42.2 Å². The number of nitrogens with one attached hydrogen (secondary N) is 1. The molecule has 0 fully saturated rings. The van der Waals surface area contributed by atoms with E-state index in [4.69, 9.17) is 0 Å². The number of benzene rings is 1. The van der Waals surface area contributed by atoms with E-state index < -0.39 is 25.9 Å². The number of rotatable bonds is 7. The lowest BCUT2D eigenvalue weighted by Crippen LogP contribution is -2.16. The van der Waals surface area contributed by atoms with Crippen LogP contribution in [0.3, 0.4) is 0 Å². The van der Waals surface area contributed by atoms with E-state index in [9.17, 15) is 28.6 Å². The molecule has 0 atom stereocenters. The molecule has 1 N–H and O–H groups in total. The molecule has 182 valence electrons. The Balaban J connectivity index is 1.94.